The second-order valence-corrected chi connectivity index (χ2v) is 10.4. The molecule has 1 unspecified atom stereocenters. The van der Waals surface area contributed by atoms with E-state index in [9.17, 15) is 14.0 Å². The first-order chi connectivity index (χ1) is 17.2. The minimum absolute atomic E-state index is 0.0472. The van der Waals surface area contributed by atoms with Crippen LogP contribution in [0.2, 0.25) is 0 Å². The highest BCUT2D eigenvalue weighted by Gasteiger charge is 2.36. The van der Waals surface area contributed by atoms with Crippen LogP contribution in [-0.2, 0) is 16.1 Å². The minimum atomic E-state index is -0.670. The quantitative estimate of drug-likeness (QED) is 0.624. The van der Waals surface area contributed by atoms with Gasteiger partial charge in [-0.1, -0.05) is 32.9 Å². The van der Waals surface area contributed by atoms with Crippen molar-refractivity contribution in [2.45, 2.75) is 39.7 Å². The van der Waals surface area contributed by atoms with E-state index in [-0.39, 0.29) is 23.5 Å². The van der Waals surface area contributed by atoms with Gasteiger partial charge in [0.25, 0.3) is 5.91 Å². The van der Waals surface area contributed by atoms with E-state index < -0.39 is 5.41 Å². The molecule has 1 aromatic heterocycles. The lowest BCUT2D eigenvalue weighted by molar-refractivity contribution is -0.132. The molecule has 0 spiro atoms. The number of ether oxygens (including phenoxy) is 2. The van der Waals surface area contributed by atoms with Gasteiger partial charge in [0.2, 0.25) is 5.91 Å². The molecular formula is C26H36FN5O4. The molecule has 0 radical (unpaired) electrons. The molecule has 2 aromatic rings. The molecule has 196 valence electrons. The Kier molecular flexibility index (Phi) is 7.94. The monoisotopic (exact) mass is 501 g/mol. The predicted molar refractivity (Wildman–Crippen MR) is 134 cm³/mol. The maximum Gasteiger partial charge on any atom is 0.254 e. The molecule has 4 rings (SSSR count). The number of hydrogen-bond donors (Lipinski definition) is 1. The molecule has 1 aromatic carbocycles. The number of amides is 1. The minimum Gasteiger partial charge on any atom is -0.491 e. The van der Waals surface area contributed by atoms with Gasteiger partial charge in [0.15, 0.2) is 11.6 Å². The zero-order chi connectivity index (χ0) is 25.9. The van der Waals surface area contributed by atoms with E-state index >= 15 is 0 Å². The second-order valence-electron chi connectivity index (χ2n) is 10.4. The maximum atomic E-state index is 13.3. The largest absolute Gasteiger partial charge is 0.491 e. The lowest BCUT2D eigenvalue weighted by Gasteiger charge is -2.28. The maximum absolute atomic E-state index is 13.3. The van der Waals surface area contributed by atoms with E-state index in [0.717, 1.165) is 25.1 Å². The number of rotatable bonds is 7. The molecule has 10 heteroatoms. The highest BCUT2D eigenvalue weighted by molar-refractivity contribution is 5.87. The molecule has 1 atom stereocenters. The Morgan fingerprint density at radius 2 is 1.86 bits per heavy atom. The van der Waals surface area contributed by atoms with Crippen LogP contribution in [0.15, 0.2) is 24.3 Å². The molecule has 0 saturated carbocycles. The summed E-state index contributed by atoms with van der Waals surface area (Å²) in [4.78, 5) is 30.2. The van der Waals surface area contributed by atoms with E-state index in [1.807, 2.05) is 25.7 Å². The van der Waals surface area contributed by atoms with Crippen molar-refractivity contribution in [1.82, 2.24) is 19.6 Å². The number of methoxy groups -OCH3 is 1. The number of nitrogens with zero attached hydrogens (tertiary/aromatic N) is 4. The Labute approximate surface area is 211 Å². The van der Waals surface area contributed by atoms with Crippen molar-refractivity contribution >= 4 is 17.6 Å². The van der Waals surface area contributed by atoms with Crippen LogP contribution in [0.4, 0.5) is 10.2 Å². The number of likely N-dealkylation sites (tertiary alicyclic amines) is 1. The van der Waals surface area contributed by atoms with E-state index in [0.29, 0.717) is 56.7 Å². The van der Waals surface area contributed by atoms with E-state index in [4.69, 9.17) is 14.6 Å². The summed E-state index contributed by atoms with van der Waals surface area (Å²) in [5.41, 5.74) is 0.853. The Balaban J connectivity index is 1.55. The van der Waals surface area contributed by atoms with Gasteiger partial charge in [-0.15, -0.1) is 0 Å². The van der Waals surface area contributed by atoms with Crippen molar-refractivity contribution in [3.63, 3.8) is 0 Å². The number of aromatic nitrogens is 2. The van der Waals surface area contributed by atoms with E-state index in [1.165, 1.54) is 16.8 Å². The first-order valence-corrected chi connectivity index (χ1v) is 12.4. The van der Waals surface area contributed by atoms with Gasteiger partial charge >= 0.3 is 0 Å². The fourth-order valence-corrected chi connectivity index (χ4v) is 4.56. The predicted octanol–water partition coefficient (Wildman–Crippen LogP) is 2.98. The van der Waals surface area contributed by atoms with Crippen LogP contribution in [0.25, 0.3) is 0 Å². The number of nitrogens with one attached hydrogen (secondary N) is 1. The third-order valence-electron chi connectivity index (χ3n) is 6.67. The molecule has 1 amide bonds. The van der Waals surface area contributed by atoms with E-state index in [2.05, 4.69) is 10.2 Å². The number of anilines is 1. The van der Waals surface area contributed by atoms with Gasteiger partial charge in [0.1, 0.15) is 11.5 Å². The fraction of sp³-hybridized carbons (Fsp3) is 0.577. The van der Waals surface area contributed by atoms with Crippen molar-refractivity contribution in [1.29, 1.82) is 0 Å². The summed E-state index contributed by atoms with van der Waals surface area (Å²) in [5, 5.41) is 8.01. The van der Waals surface area contributed by atoms with Crippen LogP contribution in [0.5, 0.6) is 5.75 Å². The molecule has 9 nitrogen and oxygen atoms in total. The van der Waals surface area contributed by atoms with Crippen molar-refractivity contribution in [2.24, 2.45) is 5.41 Å². The third-order valence-corrected chi connectivity index (χ3v) is 6.67. The Morgan fingerprint density at radius 1 is 1.17 bits per heavy atom. The van der Waals surface area contributed by atoms with Gasteiger partial charge in [-0.3, -0.25) is 14.5 Å². The Bertz CT molecular complexity index is 1070. The standard InChI is InChI=1S/C26H36FN5O4/c1-26(2,3)25(34)32-24(28-15-18-5-7-20(27)8-6-18)23(35-4)22(29-32)19-9-10-31(16-19)21(33)17-30-11-13-36-14-12-30/h5-8,19,28H,9-17H2,1-4H3. The molecule has 2 aliphatic heterocycles. The molecule has 2 aliphatic rings. The van der Waals surface area contributed by atoms with Gasteiger partial charge in [0.05, 0.1) is 26.9 Å². The van der Waals surface area contributed by atoms with Crippen LogP contribution in [-0.4, -0.2) is 84.4 Å². The van der Waals surface area contributed by atoms with Gasteiger partial charge in [-0.05, 0) is 24.1 Å². The smallest absolute Gasteiger partial charge is 0.254 e. The Hall–Kier alpha value is -2.98. The number of hydrogen-bond acceptors (Lipinski definition) is 7. The number of carbonyl (C=O) groups excluding carboxylic acids is 2. The van der Waals surface area contributed by atoms with E-state index in [1.54, 1.807) is 19.2 Å². The van der Waals surface area contributed by atoms with Gasteiger partial charge in [0, 0.05) is 44.1 Å². The average molecular weight is 502 g/mol. The highest BCUT2D eigenvalue weighted by Crippen LogP contribution is 2.39. The summed E-state index contributed by atoms with van der Waals surface area (Å²) in [5.74, 6) is 0.539. The first kappa shape index (κ1) is 26.1. The lowest BCUT2D eigenvalue weighted by atomic mass is 9.96. The van der Waals surface area contributed by atoms with Gasteiger partial charge in [-0.2, -0.15) is 9.78 Å². The SMILES string of the molecule is COc1c(C2CCN(C(=O)CN3CCOCC3)C2)nn(C(=O)C(C)(C)C)c1NCc1ccc(F)cc1. The number of carbonyl (C=O) groups is 2. The average Bonchev–Trinajstić information content (AvgIpc) is 3.48. The van der Waals surface area contributed by atoms with Crippen molar-refractivity contribution in [3.8, 4) is 5.75 Å². The summed E-state index contributed by atoms with van der Waals surface area (Å²) in [6, 6.07) is 6.19. The number of morpholine rings is 1. The Morgan fingerprint density at radius 3 is 2.50 bits per heavy atom. The number of halogens is 1. The molecule has 0 bridgehead atoms. The van der Waals surface area contributed by atoms with Crippen LogP contribution < -0.4 is 10.1 Å². The van der Waals surface area contributed by atoms with Crippen molar-refractivity contribution in [3.05, 3.63) is 41.3 Å². The van der Waals surface area contributed by atoms with Crippen molar-refractivity contribution < 1.29 is 23.5 Å². The number of benzene rings is 1. The van der Waals surface area contributed by atoms with Crippen LogP contribution >= 0.6 is 0 Å². The molecule has 0 aliphatic carbocycles. The summed E-state index contributed by atoms with van der Waals surface area (Å²) in [6.45, 7) is 10.3. The van der Waals surface area contributed by atoms with Crippen LogP contribution in [0.1, 0.15) is 49.2 Å². The fourth-order valence-electron chi connectivity index (χ4n) is 4.56. The molecule has 3 heterocycles. The summed E-state index contributed by atoms with van der Waals surface area (Å²) in [6.07, 6.45) is 0.739. The summed E-state index contributed by atoms with van der Waals surface area (Å²) >= 11 is 0. The normalized spacial score (nSPS) is 18.9. The molecular weight excluding hydrogens is 465 g/mol. The topological polar surface area (TPSA) is 88.9 Å². The highest BCUT2D eigenvalue weighted by atomic mass is 19.1. The molecule has 1 N–H and O–H groups in total. The molecule has 2 fully saturated rings. The van der Waals surface area contributed by atoms with Crippen LogP contribution in [0, 0.1) is 11.2 Å². The third kappa shape index (κ3) is 5.87. The van der Waals surface area contributed by atoms with Gasteiger partial charge < -0.3 is 19.7 Å². The van der Waals surface area contributed by atoms with Gasteiger partial charge in [-0.25, -0.2) is 4.39 Å². The van der Waals surface area contributed by atoms with Crippen molar-refractivity contribution in [2.75, 3.05) is 58.4 Å². The van der Waals surface area contributed by atoms with Crippen LogP contribution in [0.3, 0.4) is 0 Å². The lowest BCUT2D eigenvalue weighted by Crippen LogP contribution is -2.44. The zero-order valence-electron chi connectivity index (χ0n) is 21.6. The molecule has 2 saturated heterocycles. The molecule has 36 heavy (non-hydrogen) atoms. The second kappa shape index (κ2) is 11.0. The summed E-state index contributed by atoms with van der Waals surface area (Å²) in [7, 11) is 1.56. The first-order valence-electron chi connectivity index (χ1n) is 12.4. The summed E-state index contributed by atoms with van der Waals surface area (Å²) < 4.78 is 25.9. The zero-order valence-corrected chi connectivity index (χ0v) is 21.6.